The van der Waals surface area contributed by atoms with E-state index < -0.39 is 23.6 Å². The fraction of sp³-hybridized carbons (Fsp3) is 0.583. The molecule has 0 unspecified atom stereocenters. The largest absolute Gasteiger partial charge is 0.451 e. The molecule has 2 heterocycles. The van der Waals surface area contributed by atoms with Crippen LogP contribution in [0.25, 0.3) is 0 Å². The van der Waals surface area contributed by atoms with Gasteiger partial charge < -0.3 is 15.5 Å². The molecule has 0 spiro atoms. The first-order valence-corrected chi connectivity index (χ1v) is 6.32. The lowest BCUT2D eigenvalue weighted by Gasteiger charge is -2.46. The molecular weight excluding hydrogens is 287 g/mol. The van der Waals surface area contributed by atoms with E-state index in [9.17, 15) is 18.0 Å². The number of hydrogen-bond acceptors (Lipinski definition) is 4. The summed E-state index contributed by atoms with van der Waals surface area (Å²) in [5.41, 5.74) is 5.28. The summed E-state index contributed by atoms with van der Waals surface area (Å²) in [7, 11) is 0. The van der Waals surface area contributed by atoms with Gasteiger partial charge in [-0.05, 0) is 13.8 Å². The number of carbonyl (C=O) groups excluding carboxylic acids is 1. The van der Waals surface area contributed by atoms with Crippen LogP contribution in [-0.2, 0) is 6.18 Å². The molecule has 2 rings (SSSR count). The highest BCUT2D eigenvalue weighted by molar-refractivity contribution is 5.73. The number of nitrogens with zero attached hydrogens (tertiary/aromatic N) is 4. The van der Waals surface area contributed by atoms with Gasteiger partial charge in [0.1, 0.15) is 0 Å². The maximum absolute atomic E-state index is 12.4. The van der Waals surface area contributed by atoms with E-state index in [1.807, 2.05) is 18.7 Å². The van der Waals surface area contributed by atoms with Crippen molar-refractivity contribution < 1.29 is 18.0 Å². The Morgan fingerprint density at radius 1 is 1.29 bits per heavy atom. The van der Waals surface area contributed by atoms with Crippen molar-refractivity contribution in [2.24, 2.45) is 5.73 Å². The molecule has 0 atom stereocenters. The normalized spacial score (nSPS) is 18.7. The Labute approximate surface area is 119 Å². The van der Waals surface area contributed by atoms with E-state index in [-0.39, 0.29) is 0 Å². The van der Waals surface area contributed by atoms with E-state index in [2.05, 4.69) is 9.97 Å². The molecular formula is C12H16F3N5O. The molecule has 1 aliphatic heterocycles. The zero-order valence-corrected chi connectivity index (χ0v) is 11.7. The zero-order chi connectivity index (χ0) is 15.8. The van der Waals surface area contributed by atoms with Crippen LogP contribution in [0.2, 0.25) is 0 Å². The summed E-state index contributed by atoms with van der Waals surface area (Å²) >= 11 is 0. The topological polar surface area (TPSA) is 75.3 Å². The number of urea groups is 1. The van der Waals surface area contributed by atoms with Crippen molar-refractivity contribution in [3.05, 3.63) is 18.2 Å². The molecule has 0 saturated carbocycles. The Morgan fingerprint density at radius 3 is 2.29 bits per heavy atom. The van der Waals surface area contributed by atoms with Gasteiger partial charge in [0.05, 0.1) is 23.6 Å². The molecule has 1 aromatic rings. The summed E-state index contributed by atoms with van der Waals surface area (Å²) in [4.78, 5) is 21.4. The van der Waals surface area contributed by atoms with E-state index in [1.54, 1.807) is 0 Å². The molecule has 6 nitrogen and oxygen atoms in total. The van der Waals surface area contributed by atoms with Crippen LogP contribution in [0.4, 0.5) is 23.7 Å². The quantitative estimate of drug-likeness (QED) is 0.852. The lowest BCUT2D eigenvalue weighted by atomic mass is 9.99. The number of primary amides is 1. The van der Waals surface area contributed by atoms with E-state index in [4.69, 9.17) is 5.73 Å². The Bertz CT molecular complexity index is 529. The average Bonchev–Trinajstić information content (AvgIpc) is 2.36. The number of alkyl halides is 3. The van der Waals surface area contributed by atoms with Crippen LogP contribution in [-0.4, -0.2) is 46.1 Å². The average molecular weight is 303 g/mol. The van der Waals surface area contributed by atoms with Gasteiger partial charge in [-0.1, -0.05) is 0 Å². The van der Waals surface area contributed by atoms with Crippen LogP contribution in [0.1, 0.15) is 19.7 Å². The lowest BCUT2D eigenvalue weighted by Crippen LogP contribution is -2.62. The number of rotatable bonds is 1. The minimum Gasteiger partial charge on any atom is -0.365 e. The number of hydrogen-bond donors (Lipinski definition) is 1. The molecule has 21 heavy (non-hydrogen) atoms. The molecule has 1 aliphatic rings. The first kappa shape index (κ1) is 15.3. The van der Waals surface area contributed by atoms with Gasteiger partial charge in [-0.2, -0.15) is 13.2 Å². The maximum atomic E-state index is 12.4. The Kier molecular flexibility index (Phi) is 3.68. The van der Waals surface area contributed by atoms with Gasteiger partial charge in [0.2, 0.25) is 5.82 Å². The molecule has 2 N–H and O–H groups in total. The van der Waals surface area contributed by atoms with E-state index in [0.717, 1.165) is 12.4 Å². The van der Waals surface area contributed by atoms with Crippen molar-refractivity contribution in [2.75, 3.05) is 24.5 Å². The molecule has 1 aromatic heterocycles. The molecule has 0 bridgehead atoms. The summed E-state index contributed by atoms with van der Waals surface area (Å²) in [5.74, 6) is -1.17. The molecule has 1 saturated heterocycles. The number of halogens is 3. The van der Waals surface area contributed by atoms with E-state index in [0.29, 0.717) is 25.3 Å². The molecule has 9 heteroatoms. The monoisotopic (exact) mass is 303 g/mol. The van der Waals surface area contributed by atoms with Crippen LogP contribution in [0.5, 0.6) is 0 Å². The van der Waals surface area contributed by atoms with E-state index >= 15 is 0 Å². The number of amides is 2. The highest BCUT2D eigenvalue weighted by atomic mass is 19.4. The lowest BCUT2D eigenvalue weighted by molar-refractivity contribution is -0.145. The Morgan fingerprint density at radius 2 is 1.86 bits per heavy atom. The fourth-order valence-electron chi connectivity index (χ4n) is 2.41. The second-order valence-corrected chi connectivity index (χ2v) is 5.49. The van der Waals surface area contributed by atoms with Gasteiger partial charge in [-0.3, -0.25) is 0 Å². The third-order valence-electron chi connectivity index (χ3n) is 3.42. The SMILES string of the molecule is CC1(C)CN(c2cnc(C(F)(F)F)nc2)CCN1C(N)=O. The number of anilines is 1. The van der Waals surface area contributed by atoms with Crippen molar-refractivity contribution in [2.45, 2.75) is 25.6 Å². The summed E-state index contributed by atoms with van der Waals surface area (Å²) < 4.78 is 37.3. The van der Waals surface area contributed by atoms with Crippen LogP contribution in [0, 0.1) is 0 Å². The number of aromatic nitrogens is 2. The second kappa shape index (κ2) is 5.05. The van der Waals surface area contributed by atoms with Crippen molar-refractivity contribution in [3.8, 4) is 0 Å². The smallest absolute Gasteiger partial charge is 0.365 e. The van der Waals surface area contributed by atoms with Crippen LogP contribution in [0.15, 0.2) is 12.4 Å². The van der Waals surface area contributed by atoms with E-state index in [1.165, 1.54) is 4.90 Å². The summed E-state index contributed by atoms with van der Waals surface area (Å²) in [6, 6.07) is -0.511. The predicted molar refractivity (Wildman–Crippen MR) is 69.6 cm³/mol. The second-order valence-electron chi connectivity index (χ2n) is 5.49. The Balaban J connectivity index is 2.16. The summed E-state index contributed by atoms with van der Waals surface area (Å²) in [6.45, 7) is 4.97. The minimum absolute atomic E-state index is 0.392. The number of nitrogens with two attached hydrogens (primary N) is 1. The fourth-order valence-corrected chi connectivity index (χ4v) is 2.41. The predicted octanol–water partition coefficient (Wildman–Crippen LogP) is 1.47. The number of carbonyl (C=O) groups is 1. The van der Waals surface area contributed by atoms with Gasteiger partial charge in [-0.25, -0.2) is 14.8 Å². The minimum atomic E-state index is -4.55. The Hall–Kier alpha value is -2.06. The highest BCUT2D eigenvalue weighted by Gasteiger charge is 2.37. The first-order chi connectivity index (χ1) is 9.61. The van der Waals surface area contributed by atoms with Gasteiger partial charge in [0, 0.05) is 19.6 Å². The molecule has 0 aromatic carbocycles. The zero-order valence-electron chi connectivity index (χ0n) is 11.7. The van der Waals surface area contributed by atoms with Gasteiger partial charge in [-0.15, -0.1) is 0 Å². The summed E-state index contributed by atoms with van der Waals surface area (Å²) in [6.07, 6.45) is -2.26. The molecule has 1 fully saturated rings. The first-order valence-electron chi connectivity index (χ1n) is 6.32. The van der Waals surface area contributed by atoms with Gasteiger partial charge in [0.25, 0.3) is 0 Å². The van der Waals surface area contributed by atoms with Crippen LogP contribution < -0.4 is 10.6 Å². The van der Waals surface area contributed by atoms with Crippen molar-refractivity contribution in [1.29, 1.82) is 0 Å². The van der Waals surface area contributed by atoms with Crippen molar-refractivity contribution in [3.63, 3.8) is 0 Å². The maximum Gasteiger partial charge on any atom is 0.451 e. The molecule has 0 radical (unpaired) electrons. The van der Waals surface area contributed by atoms with Crippen LogP contribution in [0.3, 0.4) is 0 Å². The molecule has 116 valence electrons. The highest BCUT2D eigenvalue weighted by Crippen LogP contribution is 2.28. The van der Waals surface area contributed by atoms with Gasteiger partial charge >= 0.3 is 12.2 Å². The van der Waals surface area contributed by atoms with Gasteiger partial charge in [0.15, 0.2) is 0 Å². The van der Waals surface area contributed by atoms with Crippen molar-refractivity contribution in [1.82, 2.24) is 14.9 Å². The summed E-state index contributed by atoms with van der Waals surface area (Å²) in [5, 5.41) is 0. The molecule has 2 amide bonds. The van der Waals surface area contributed by atoms with Crippen LogP contribution >= 0.6 is 0 Å². The number of piperazine rings is 1. The molecule has 0 aliphatic carbocycles. The van der Waals surface area contributed by atoms with Crippen molar-refractivity contribution >= 4 is 11.7 Å². The third-order valence-corrected chi connectivity index (χ3v) is 3.42. The third kappa shape index (κ3) is 3.17. The standard InChI is InChI=1S/C12H16F3N5O/c1-11(2)7-19(3-4-20(11)10(16)21)8-5-17-9(18-6-8)12(13,14)15/h5-6H,3-4,7H2,1-2H3,(H2,16,21).